The van der Waals surface area contributed by atoms with Crippen LogP contribution in [0.2, 0.25) is 0 Å². The summed E-state index contributed by atoms with van der Waals surface area (Å²) in [6.45, 7) is 1.76. The minimum atomic E-state index is -0.225. The first-order valence-corrected chi connectivity index (χ1v) is 11.1. The molecule has 1 amide bonds. The second-order valence-corrected chi connectivity index (χ2v) is 8.64. The van der Waals surface area contributed by atoms with E-state index in [1.54, 1.807) is 26.2 Å². The molecule has 0 atom stereocenters. The van der Waals surface area contributed by atoms with Gasteiger partial charge in [-0.05, 0) is 63.0 Å². The Bertz CT molecular complexity index is 1080. The molecule has 1 aromatic heterocycles. The third kappa shape index (κ3) is 5.29. The zero-order valence-corrected chi connectivity index (χ0v) is 19.6. The van der Waals surface area contributed by atoms with Crippen LogP contribution in [-0.2, 0) is 4.79 Å². The van der Waals surface area contributed by atoms with E-state index in [1.165, 1.54) is 22.4 Å². The molecular weight excluding hydrogens is 522 g/mol. The Morgan fingerprint density at radius 3 is 2.45 bits per heavy atom. The highest BCUT2D eigenvalue weighted by Gasteiger charge is 2.15. The number of carbonyl (C=O) groups is 1. The Hall–Kier alpha value is -2.10. The molecule has 0 aliphatic rings. The molecule has 0 fully saturated rings. The van der Waals surface area contributed by atoms with Gasteiger partial charge >= 0.3 is 0 Å². The maximum Gasteiger partial charge on any atom is 0.258 e. The lowest BCUT2D eigenvalue weighted by Crippen LogP contribution is -2.22. The molecule has 0 bridgehead atoms. The number of carbonyl (C=O) groups excluding carboxylic acids is 1. The average molecular weight is 539 g/mol. The highest BCUT2D eigenvalue weighted by atomic mass is 79.9. The van der Waals surface area contributed by atoms with Crippen LogP contribution in [0.1, 0.15) is 5.69 Å². The zero-order chi connectivity index (χ0) is 21.0. The number of methoxy groups -OCH3 is 1. The number of halogens is 2. The number of benzene rings is 2. The second kappa shape index (κ2) is 9.60. The molecular formula is C20H17Br2N3O3S. The van der Waals surface area contributed by atoms with Crippen LogP contribution in [-0.4, -0.2) is 28.3 Å². The summed E-state index contributed by atoms with van der Waals surface area (Å²) in [7, 11) is 1.57. The van der Waals surface area contributed by atoms with E-state index < -0.39 is 0 Å². The number of nitrogens with zero attached hydrogens (tertiary/aromatic N) is 2. The molecule has 6 nitrogen and oxygen atoms in total. The van der Waals surface area contributed by atoms with Crippen LogP contribution < -0.4 is 15.6 Å². The normalized spacial score (nSPS) is 10.6. The van der Waals surface area contributed by atoms with E-state index in [-0.39, 0.29) is 17.2 Å². The van der Waals surface area contributed by atoms with Crippen LogP contribution in [0.4, 0.5) is 5.69 Å². The third-order valence-electron chi connectivity index (χ3n) is 3.88. The summed E-state index contributed by atoms with van der Waals surface area (Å²) in [6, 6.07) is 14.2. The number of anilines is 1. The molecule has 0 spiro atoms. The van der Waals surface area contributed by atoms with Crippen molar-refractivity contribution in [2.45, 2.75) is 12.1 Å². The quantitative estimate of drug-likeness (QED) is 0.360. The number of ether oxygens (including phenoxy) is 1. The Kier molecular flexibility index (Phi) is 7.15. The Labute approximate surface area is 188 Å². The molecule has 29 heavy (non-hydrogen) atoms. The van der Waals surface area contributed by atoms with Crippen molar-refractivity contribution in [3.63, 3.8) is 0 Å². The van der Waals surface area contributed by atoms with Gasteiger partial charge in [0.1, 0.15) is 5.75 Å². The number of hydrogen-bond acceptors (Lipinski definition) is 5. The summed E-state index contributed by atoms with van der Waals surface area (Å²) >= 11 is 8.07. The van der Waals surface area contributed by atoms with E-state index in [0.717, 1.165) is 0 Å². The van der Waals surface area contributed by atoms with E-state index >= 15 is 0 Å². The van der Waals surface area contributed by atoms with Crippen molar-refractivity contribution in [3.8, 4) is 11.4 Å². The molecule has 0 unspecified atom stereocenters. The number of para-hydroxylation sites is 1. The number of aryl methyl sites for hydroxylation is 1. The number of nitrogens with one attached hydrogen (secondary N) is 1. The lowest BCUT2D eigenvalue weighted by Gasteiger charge is -2.13. The van der Waals surface area contributed by atoms with Crippen LogP contribution >= 0.6 is 43.6 Å². The van der Waals surface area contributed by atoms with Crippen molar-refractivity contribution < 1.29 is 9.53 Å². The van der Waals surface area contributed by atoms with Gasteiger partial charge < -0.3 is 10.1 Å². The second-order valence-electron chi connectivity index (χ2n) is 5.99. The number of rotatable bonds is 6. The smallest absolute Gasteiger partial charge is 0.258 e. The Balaban J connectivity index is 1.80. The van der Waals surface area contributed by atoms with Gasteiger partial charge in [0.25, 0.3) is 5.56 Å². The maximum atomic E-state index is 12.5. The van der Waals surface area contributed by atoms with Crippen LogP contribution in [0, 0.1) is 6.92 Å². The van der Waals surface area contributed by atoms with Crippen molar-refractivity contribution in [2.24, 2.45) is 0 Å². The zero-order valence-electron chi connectivity index (χ0n) is 15.6. The predicted molar refractivity (Wildman–Crippen MR) is 122 cm³/mol. The minimum absolute atomic E-state index is 0.0909. The number of thioether (sulfide) groups is 1. The van der Waals surface area contributed by atoms with E-state index in [4.69, 9.17) is 4.74 Å². The van der Waals surface area contributed by atoms with Crippen LogP contribution in [0.3, 0.4) is 0 Å². The molecule has 3 aromatic rings. The molecule has 1 heterocycles. The largest absolute Gasteiger partial charge is 0.497 e. The number of aromatic nitrogens is 2. The fraction of sp³-hybridized carbons (Fsp3) is 0.150. The van der Waals surface area contributed by atoms with Crippen molar-refractivity contribution in [3.05, 3.63) is 73.5 Å². The van der Waals surface area contributed by atoms with Gasteiger partial charge in [-0.25, -0.2) is 4.98 Å². The molecule has 0 saturated carbocycles. The molecule has 0 radical (unpaired) electrons. The highest BCUT2D eigenvalue weighted by molar-refractivity contribution is 9.11. The molecule has 0 saturated heterocycles. The molecule has 1 N–H and O–H groups in total. The van der Waals surface area contributed by atoms with E-state index in [9.17, 15) is 9.59 Å². The fourth-order valence-electron chi connectivity index (χ4n) is 2.57. The number of hydrogen-bond donors (Lipinski definition) is 1. The average Bonchev–Trinajstić information content (AvgIpc) is 2.69. The van der Waals surface area contributed by atoms with Crippen LogP contribution in [0.15, 0.2) is 67.4 Å². The van der Waals surface area contributed by atoms with E-state index in [1.807, 2.05) is 30.3 Å². The molecule has 9 heteroatoms. The van der Waals surface area contributed by atoms with E-state index in [2.05, 4.69) is 42.2 Å². The summed E-state index contributed by atoms with van der Waals surface area (Å²) < 4.78 is 8.09. The van der Waals surface area contributed by atoms with Crippen molar-refractivity contribution in [1.29, 1.82) is 0 Å². The first-order chi connectivity index (χ1) is 13.9. The number of amides is 1. The van der Waals surface area contributed by atoms with Gasteiger partial charge in [0.2, 0.25) is 5.91 Å². The summed E-state index contributed by atoms with van der Waals surface area (Å²) in [6.07, 6.45) is 0. The summed E-state index contributed by atoms with van der Waals surface area (Å²) in [5.41, 5.74) is 1.72. The first kappa shape index (κ1) is 21.6. The first-order valence-electron chi connectivity index (χ1n) is 8.51. The van der Waals surface area contributed by atoms with Crippen molar-refractivity contribution >= 4 is 55.2 Å². The minimum Gasteiger partial charge on any atom is -0.497 e. The molecule has 0 aliphatic carbocycles. The monoisotopic (exact) mass is 537 g/mol. The predicted octanol–water partition coefficient (Wildman–Crippen LogP) is 4.81. The Morgan fingerprint density at radius 2 is 1.83 bits per heavy atom. The van der Waals surface area contributed by atoms with Crippen LogP contribution in [0.25, 0.3) is 5.69 Å². The van der Waals surface area contributed by atoms with Crippen molar-refractivity contribution in [1.82, 2.24) is 9.55 Å². The van der Waals surface area contributed by atoms with Gasteiger partial charge in [-0.2, -0.15) is 0 Å². The maximum absolute atomic E-state index is 12.5. The SMILES string of the molecule is COc1cc(Br)c(NC(=O)CSc2nc(C)cc(=O)n2-c2ccccc2)c(Br)c1. The molecule has 3 rings (SSSR count). The summed E-state index contributed by atoms with van der Waals surface area (Å²) in [5.74, 6) is 0.525. The summed E-state index contributed by atoms with van der Waals surface area (Å²) in [5, 5.41) is 3.33. The van der Waals surface area contributed by atoms with Crippen molar-refractivity contribution in [2.75, 3.05) is 18.2 Å². The van der Waals surface area contributed by atoms with Gasteiger partial charge in [-0.1, -0.05) is 30.0 Å². The van der Waals surface area contributed by atoms with Gasteiger partial charge in [-0.3, -0.25) is 14.2 Å². The topological polar surface area (TPSA) is 73.2 Å². The lowest BCUT2D eigenvalue weighted by molar-refractivity contribution is -0.113. The third-order valence-corrected chi connectivity index (χ3v) is 6.07. The summed E-state index contributed by atoms with van der Waals surface area (Å²) in [4.78, 5) is 29.5. The van der Waals surface area contributed by atoms with Gasteiger partial charge in [0, 0.05) is 20.7 Å². The molecule has 0 aliphatic heterocycles. The van der Waals surface area contributed by atoms with Gasteiger partial charge in [0.15, 0.2) is 5.16 Å². The highest BCUT2D eigenvalue weighted by Crippen LogP contribution is 2.35. The molecule has 2 aromatic carbocycles. The van der Waals surface area contributed by atoms with Gasteiger partial charge in [0.05, 0.1) is 24.2 Å². The molecule has 150 valence electrons. The fourth-order valence-corrected chi connectivity index (χ4v) is 4.78. The van der Waals surface area contributed by atoms with E-state index in [0.29, 0.717) is 36.9 Å². The van der Waals surface area contributed by atoms with Crippen LogP contribution in [0.5, 0.6) is 5.75 Å². The van der Waals surface area contributed by atoms with Gasteiger partial charge in [-0.15, -0.1) is 0 Å². The standard InChI is InChI=1S/C20H17Br2N3O3S/c1-12-8-18(27)25(13-6-4-3-5-7-13)20(23-12)29-11-17(26)24-19-15(21)9-14(28-2)10-16(19)22/h3-10H,11H2,1-2H3,(H,24,26). The lowest BCUT2D eigenvalue weighted by atomic mass is 10.3. The Morgan fingerprint density at radius 1 is 1.17 bits per heavy atom.